The third kappa shape index (κ3) is 3.50. The van der Waals surface area contributed by atoms with Crippen LogP contribution in [0.15, 0.2) is 11.8 Å². The van der Waals surface area contributed by atoms with Gasteiger partial charge in [0.15, 0.2) is 0 Å². The zero-order valence-electron chi connectivity index (χ0n) is 12.1. The van der Waals surface area contributed by atoms with E-state index in [1.807, 2.05) is 6.26 Å². The summed E-state index contributed by atoms with van der Waals surface area (Å²) in [5.74, 6) is 5.87. The summed E-state index contributed by atoms with van der Waals surface area (Å²) in [4.78, 5) is 0. The zero-order valence-corrected chi connectivity index (χ0v) is 12.1. The number of hydrogen-bond acceptors (Lipinski definition) is 4. The van der Waals surface area contributed by atoms with Gasteiger partial charge in [0.1, 0.15) is 0 Å². The van der Waals surface area contributed by atoms with E-state index < -0.39 is 0 Å². The van der Waals surface area contributed by atoms with Gasteiger partial charge >= 0.3 is 0 Å². The molecule has 110 valence electrons. The Morgan fingerprint density at radius 3 is 2.58 bits per heavy atom. The van der Waals surface area contributed by atoms with Crippen LogP contribution in [0.3, 0.4) is 0 Å². The van der Waals surface area contributed by atoms with Gasteiger partial charge < -0.3 is 9.47 Å². The fourth-order valence-corrected chi connectivity index (χ4v) is 3.52. The van der Waals surface area contributed by atoms with E-state index in [4.69, 9.17) is 15.3 Å². The minimum atomic E-state index is -0.146. The molecule has 1 aliphatic carbocycles. The van der Waals surface area contributed by atoms with E-state index >= 15 is 0 Å². The molecule has 1 heterocycles. The molecular weight excluding hydrogens is 240 g/mol. The van der Waals surface area contributed by atoms with Crippen molar-refractivity contribution < 1.29 is 9.47 Å². The van der Waals surface area contributed by atoms with Gasteiger partial charge in [0, 0.05) is 6.61 Å². The molecule has 0 spiro atoms. The summed E-state index contributed by atoms with van der Waals surface area (Å²) in [5.41, 5.74) is 4.14. The molecule has 1 atom stereocenters. The number of hydrogen-bond donors (Lipinski definition) is 2. The Balaban J connectivity index is 2.20. The van der Waals surface area contributed by atoms with E-state index in [9.17, 15) is 0 Å². The highest BCUT2D eigenvalue weighted by Gasteiger charge is 2.41. The van der Waals surface area contributed by atoms with E-state index in [1.54, 1.807) is 0 Å². The Morgan fingerprint density at radius 2 is 2.05 bits per heavy atom. The molecular formula is C15H28N2O2. The summed E-state index contributed by atoms with van der Waals surface area (Å²) >= 11 is 0. The molecule has 0 aromatic heterocycles. The first-order valence-electron chi connectivity index (χ1n) is 7.73. The van der Waals surface area contributed by atoms with Crippen LogP contribution in [-0.2, 0) is 9.47 Å². The third-order valence-corrected chi connectivity index (χ3v) is 4.41. The first-order chi connectivity index (χ1) is 9.32. The number of nitrogens with two attached hydrogens (primary N) is 1. The fourth-order valence-electron chi connectivity index (χ4n) is 3.52. The first-order valence-corrected chi connectivity index (χ1v) is 7.73. The van der Waals surface area contributed by atoms with Gasteiger partial charge in [0.2, 0.25) is 0 Å². The average molecular weight is 268 g/mol. The molecule has 1 unspecified atom stereocenters. The van der Waals surface area contributed by atoms with Crippen molar-refractivity contribution in [2.75, 3.05) is 13.2 Å². The maximum Gasteiger partial charge on any atom is 0.0887 e. The van der Waals surface area contributed by atoms with Crippen molar-refractivity contribution >= 4 is 0 Å². The maximum absolute atomic E-state index is 6.22. The summed E-state index contributed by atoms with van der Waals surface area (Å²) in [6.07, 6.45) is 11.3. The van der Waals surface area contributed by atoms with Crippen molar-refractivity contribution in [2.45, 2.75) is 69.9 Å². The lowest BCUT2D eigenvalue weighted by Crippen LogP contribution is -2.56. The van der Waals surface area contributed by atoms with Gasteiger partial charge in [-0.25, -0.2) is 0 Å². The number of rotatable bonds is 5. The zero-order chi connectivity index (χ0) is 13.6. The third-order valence-electron chi connectivity index (χ3n) is 4.41. The molecule has 2 rings (SSSR count). The number of ether oxygens (including phenoxy) is 2. The predicted octanol–water partition coefficient (Wildman–Crippen LogP) is 2.64. The van der Waals surface area contributed by atoms with Gasteiger partial charge in [-0.1, -0.05) is 25.7 Å². The van der Waals surface area contributed by atoms with Crippen molar-refractivity contribution in [1.82, 2.24) is 5.43 Å². The van der Waals surface area contributed by atoms with Crippen LogP contribution < -0.4 is 11.3 Å². The average Bonchev–Trinajstić information content (AvgIpc) is 2.68. The van der Waals surface area contributed by atoms with E-state index in [0.717, 1.165) is 38.9 Å². The SMILES string of the molecule is CCOC1(C(NN)C2=COCCC2)CCCCCC1. The van der Waals surface area contributed by atoms with Crippen molar-refractivity contribution in [3.05, 3.63) is 11.8 Å². The lowest BCUT2D eigenvalue weighted by Gasteiger charge is -2.41. The second kappa shape index (κ2) is 7.27. The first kappa shape index (κ1) is 14.8. The molecule has 1 aliphatic heterocycles. The van der Waals surface area contributed by atoms with Crippen LogP contribution in [0, 0.1) is 0 Å². The monoisotopic (exact) mass is 268 g/mol. The maximum atomic E-state index is 6.22. The smallest absolute Gasteiger partial charge is 0.0887 e. The molecule has 1 saturated carbocycles. The molecule has 19 heavy (non-hydrogen) atoms. The van der Waals surface area contributed by atoms with Crippen molar-refractivity contribution in [3.8, 4) is 0 Å². The molecule has 0 aromatic rings. The second-order valence-corrected chi connectivity index (χ2v) is 5.68. The lowest BCUT2D eigenvalue weighted by atomic mass is 9.81. The summed E-state index contributed by atoms with van der Waals surface area (Å²) in [6.45, 7) is 3.64. The summed E-state index contributed by atoms with van der Waals surface area (Å²) in [5, 5.41) is 0. The molecule has 0 saturated heterocycles. The molecule has 0 bridgehead atoms. The van der Waals surface area contributed by atoms with E-state index in [0.29, 0.717) is 0 Å². The largest absolute Gasteiger partial charge is 0.501 e. The van der Waals surface area contributed by atoms with Crippen LogP contribution in [0.1, 0.15) is 58.3 Å². The molecule has 2 aliphatic rings. The normalized spacial score (nSPS) is 25.1. The van der Waals surface area contributed by atoms with Crippen LogP contribution in [0.25, 0.3) is 0 Å². The fraction of sp³-hybridized carbons (Fsp3) is 0.867. The van der Waals surface area contributed by atoms with Crippen LogP contribution in [0.5, 0.6) is 0 Å². The Morgan fingerprint density at radius 1 is 1.32 bits per heavy atom. The molecule has 0 amide bonds. The predicted molar refractivity (Wildman–Crippen MR) is 76.4 cm³/mol. The standard InChI is InChI=1S/C15H28N2O2/c1-2-19-15(9-5-3-4-6-10-15)14(17-16)13-8-7-11-18-12-13/h12,14,17H,2-11,16H2,1H3. The minimum absolute atomic E-state index is 0.0887. The van der Waals surface area contributed by atoms with Crippen LogP contribution in [-0.4, -0.2) is 24.9 Å². The Bertz CT molecular complexity index is 297. The Labute approximate surface area is 116 Å². The van der Waals surface area contributed by atoms with E-state index in [1.165, 1.54) is 31.3 Å². The van der Waals surface area contributed by atoms with Gasteiger partial charge in [-0.3, -0.25) is 11.3 Å². The summed E-state index contributed by atoms with van der Waals surface area (Å²) < 4.78 is 11.7. The van der Waals surface area contributed by atoms with E-state index in [2.05, 4.69) is 12.3 Å². The van der Waals surface area contributed by atoms with Gasteiger partial charge in [-0.2, -0.15) is 0 Å². The molecule has 3 N–H and O–H groups in total. The molecule has 4 nitrogen and oxygen atoms in total. The highest BCUT2D eigenvalue weighted by Crippen LogP contribution is 2.37. The lowest BCUT2D eigenvalue weighted by molar-refractivity contribution is -0.0704. The Hall–Kier alpha value is -0.580. The topological polar surface area (TPSA) is 56.5 Å². The number of hydrazine groups is 1. The van der Waals surface area contributed by atoms with Gasteiger partial charge in [-0.15, -0.1) is 0 Å². The second-order valence-electron chi connectivity index (χ2n) is 5.68. The summed E-state index contributed by atoms with van der Waals surface area (Å²) in [6, 6.07) is 0.0887. The molecule has 0 radical (unpaired) electrons. The minimum Gasteiger partial charge on any atom is -0.501 e. The molecule has 1 fully saturated rings. The van der Waals surface area contributed by atoms with Crippen molar-refractivity contribution in [3.63, 3.8) is 0 Å². The quantitative estimate of drug-likeness (QED) is 0.457. The molecule has 0 aromatic carbocycles. The van der Waals surface area contributed by atoms with E-state index in [-0.39, 0.29) is 11.6 Å². The Kier molecular flexibility index (Phi) is 5.67. The summed E-state index contributed by atoms with van der Waals surface area (Å²) in [7, 11) is 0. The number of nitrogens with one attached hydrogen (secondary N) is 1. The van der Waals surface area contributed by atoms with Gasteiger partial charge in [-0.05, 0) is 38.2 Å². The highest BCUT2D eigenvalue weighted by atomic mass is 16.5. The van der Waals surface area contributed by atoms with Gasteiger partial charge in [0.25, 0.3) is 0 Å². The van der Waals surface area contributed by atoms with Crippen molar-refractivity contribution in [2.24, 2.45) is 5.84 Å². The van der Waals surface area contributed by atoms with Crippen LogP contribution >= 0.6 is 0 Å². The molecule has 4 heteroatoms. The highest BCUT2D eigenvalue weighted by molar-refractivity contribution is 5.17. The van der Waals surface area contributed by atoms with Crippen molar-refractivity contribution in [1.29, 1.82) is 0 Å². The van der Waals surface area contributed by atoms with Gasteiger partial charge in [0.05, 0.1) is 24.5 Å². The van der Waals surface area contributed by atoms with Crippen LogP contribution in [0.2, 0.25) is 0 Å². The van der Waals surface area contributed by atoms with Crippen LogP contribution in [0.4, 0.5) is 0 Å².